The van der Waals surface area contributed by atoms with Crippen LogP contribution in [0.3, 0.4) is 0 Å². The number of aromatic hydroxyl groups is 1. The minimum Gasteiger partial charge on any atom is -0.507 e. The highest BCUT2D eigenvalue weighted by molar-refractivity contribution is 6.11. The van der Waals surface area contributed by atoms with Crippen molar-refractivity contribution in [1.29, 1.82) is 0 Å². The second kappa shape index (κ2) is 12.9. The van der Waals surface area contributed by atoms with Crippen molar-refractivity contribution >= 4 is 10.9 Å². The molecule has 7 rings (SSSR count). The van der Waals surface area contributed by atoms with Crippen LogP contribution in [0.15, 0.2) is 109 Å². The van der Waals surface area contributed by atoms with Crippen molar-refractivity contribution < 1.29 is 5.11 Å². The van der Waals surface area contributed by atoms with Crippen LogP contribution in [0.4, 0.5) is 0 Å². The molecule has 0 radical (unpaired) electrons. The van der Waals surface area contributed by atoms with E-state index in [0.717, 1.165) is 72.6 Å². The van der Waals surface area contributed by atoms with Crippen molar-refractivity contribution in [3.05, 3.63) is 137 Å². The van der Waals surface area contributed by atoms with Gasteiger partial charge in [0, 0.05) is 33.3 Å². The SMILES string of the molecule is Cc1cc(C)n(-c2cccc(-c3cccc4c(-c5ccc(C(C)(C)C)cc5-c5ccccc5)c(-c5cc(C(C)(C)C)cc(C(C)(C)C)c5O)[nH]c34)c2)n1. The molecule has 270 valence electrons. The first-order chi connectivity index (χ1) is 24.9. The van der Waals surface area contributed by atoms with Gasteiger partial charge in [-0.15, -0.1) is 0 Å². The van der Waals surface area contributed by atoms with E-state index >= 15 is 0 Å². The van der Waals surface area contributed by atoms with Crippen LogP contribution in [-0.2, 0) is 16.2 Å². The average Bonchev–Trinajstić information content (AvgIpc) is 3.65. The number of benzene rings is 5. The Balaban J connectivity index is 1.60. The summed E-state index contributed by atoms with van der Waals surface area (Å²) < 4.78 is 2.01. The van der Waals surface area contributed by atoms with Gasteiger partial charge < -0.3 is 10.1 Å². The zero-order valence-electron chi connectivity index (χ0n) is 33.2. The van der Waals surface area contributed by atoms with Crippen LogP contribution in [0.25, 0.3) is 61.2 Å². The number of hydrogen-bond acceptors (Lipinski definition) is 2. The normalized spacial score (nSPS) is 12.5. The minimum absolute atomic E-state index is 0.0321. The van der Waals surface area contributed by atoms with Gasteiger partial charge in [-0.2, -0.15) is 5.10 Å². The summed E-state index contributed by atoms with van der Waals surface area (Å²) in [5, 5.41) is 18.2. The zero-order chi connectivity index (χ0) is 38.0. The standard InChI is InChI=1S/C49H53N3O/c1-30-25-31(2)52(51-30)36-20-15-19-33(26-36)37-21-16-22-39-43(38-24-23-34(47(3,4)5)27-40(38)32-17-13-12-14-18-32)45(50-44(37)39)41-28-35(48(6,7)8)29-42(46(41)53)49(9,10)11/h12-29,50,53H,1-11H3. The summed E-state index contributed by atoms with van der Waals surface area (Å²) in [6.07, 6.45) is 0. The molecule has 0 saturated heterocycles. The zero-order valence-corrected chi connectivity index (χ0v) is 33.2. The molecule has 5 aromatic carbocycles. The predicted molar refractivity (Wildman–Crippen MR) is 224 cm³/mol. The molecule has 0 aliphatic rings. The van der Waals surface area contributed by atoms with Gasteiger partial charge in [0.1, 0.15) is 5.75 Å². The highest BCUT2D eigenvalue weighted by atomic mass is 16.3. The molecule has 0 bridgehead atoms. The van der Waals surface area contributed by atoms with Crippen LogP contribution in [0.5, 0.6) is 5.75 Å². The van der Waals surface area contributed by atoms with Crippen LogP contribution in [0.1, 0.15) is 90.4 Å². The van der Waals surface area contributed by atoms with Gasteiger partial charge in [-0.3, -0.25) is 0 Å². The molecular formula is C49H53N3O. The summed E-state index contributed by atoms with van der Waals surface area (Å²) in [5.74, 6) is 0.318. The largest absolute Gasteiger partial charge is 0.507 e. The van der Waals surface area contributed by atoms with Crippen LogP contribution < -0.4 is 0 Å². The molecule has 2 N–H and O–H groups in total. The van der Waals surface area contributed by atoms with Crippen LogP contribution in [0.2, 0.25) is 0 Å². The fraction of sp³-hybridized carbons (Fsp3) is 0.286. The van der Waals surface area contributed by atoms with Crippen molar-refractivity contribution in [2.24, 2.45) is 0 Å². The Morgan fingerprint density at radius 1 is 0.566 bits per heavy atom. The molecule has 0 fully saturated rings. The van der Waals surface area contributed by atoms with E-state index in [0.29, 0.717) is 5.75 Å². The topological polar surface area (TPSA) is 53.8 Å². The summed E-state index contributed by atoms with van der Waals surface area (Å²) in [4.78, 5) is 3.96. The second-order valence-electron chi connectivity index (χ2n) is 17.8. The highest BCUT2D eigenvalue weighted by Crippen LogP contribution is 2.50. The molecular weight excluding hydrogens is 647 g/mol. The molecule has 2 heterocycles. The third kappa shape index (κ3) is 6.72. The number of aryl methyl sites for hydroxylation is 2. The first kappa shape index (κ1) is 36.0. The van der Waals surface area contributed by atoms with Crippen molar-refractivity contribution in [3.63, 3.8) is 0 Å². The molecule has 4 nitrogen and oxygen atoms in total. The maximum Gasteiger partial charge on any atom is 0.128 e. The highest BCUT2D eigenvalue weighted by Gasteiger charge is 2.29. The molecule has 0 spiro atoms. The quantitative estimate of drug-likeness (QED) is 0.188. The number of H-pyrrole nitrogens is 1. The lowest BCUT2D eigenvalue weighted by molar-refractivity contribution is 0.446. The van der Waals surface area contributed by atoms with Crippen molar-refractivity contribution in [2.75, 3.05) is 0 Å². The van der Waals surface area contributed by atoms with E-state index in [1.807, 2.05) is 11.6 Å². The number of aromatic nitrogens is 3. The van der Waals surface area contributed by atoms with Crippen molar-refractivity contribution in [3.8, 4) is 56.1 Å². The summed E-state index contributed by atoms with van der Waals surface area (Å²) in [5.41, 5.74) is 15.5. The van der Waals surface area contributed by atoms with E-state index in [1.54, 1.807) is 0 Å². The predicted octanol–water partition coefficient (Wildman–Crippen LogP) is 13.2. The van der Waals surface area contributed by atoms with Crippen LogP contribution in [-0.4, -0.2) is 19.9 Å². The van der Waals surface area contributed by atoms with Crippen LogP contribution >= 0.6 is 0 Å². The Kier molecular flexibility index (Phi) is 8.80. The van der Waals surface area contributed by atoms with E-state index < -0.39 is 0 Å². The summed E-state index contributed by atoms with van der Waals surface area (Å²) in [6, 6.07) is 39.3. The Labute approximate surface area is 315 Å². The number of nitrogens with zero attached hydrogens (tertiary/aromatic N) is 2. The summed E-state index contributed by atoms with van der Waals surface area (Å²) in [7, 11) is 0. The Hall–Kier alpha value is -5.35. The molecule has 0 saturated carbocycles. The van der Waals surface area contributed by atoms with Gasteiger partial charge in [0.15, 0.2) is 0 Å². The molecule has 0 aliphatic carbocycles. The molecule has 7 aromatic rings. The summed E-state index contributed by atoms with van der Waals surface area (Å²) in [6.45, 7) is 24.2. The summed E-state index contributed by atoms with van der Waals surface area (Å²) >= 11 is 0. The van der Waals surface area contributed by atoms with E-state index in [9.17, 15) is 5.11 Å². The molecule has 4 heteroatoms. The van der Waals surface area contributed by atoms with Gasteiger partial charge in [0.05, 0.1) is 22.6 Å². The third-order valence-electron chi connectivity index (χ3n) is 10.5. The lowest BCUT2D eigenvalue weighted by Gasteiger charge is -2.28. The number of aromatic amines is 1. The van der Waals surface area contributed by atoms with Gasteiger partial charge in [-0.1, -0.05) is 141 Å². The monoisotopic (exact) mass is 699 g/mol. The van der Waals surface area contributed by atoms with Gasteiger partial charge in [0.25, 0.3) is 0 Å². The number of para-hydroxylation sites is 1. The van der Waals surface area contributed by atoms with Crippen molar-refractivity contribution in [2.45, 2.75) is 92.4 Å². The molecule has 53 heavy (non-hydrogen) atoms. The molecule has 2 aromatic heterocycles. The van der Waals surface area contributed by atoms with Crippen molar-refractivity contribution in [1.82, 2.24) is 14.8 Å². The van der Waals surface area contributed by atoms with E-state index in [2.05, 4.69) is 183 Å². The fourth-order valence-electron chi connectivity index (χ4n) is 7.55. The Morgan fingerprint density at radius 3 is 1.87 bits per heavy atom. The third-order valence-corrected chi connectivity index (χ3v) is 10.5. The van der Waals surface area contributed by atoms with E-state index in [-0.39, 0.29) is 16.2 Å². The van der Waals surface area contributed by atoms with Gasteiger partial charge in [-0.05, 0) is 93.8 Å². The second-order valence-corrected chi connectivity index (χ2v) is 17.8. The lowest BCUT2D eigenvalue weighted by Crippen LogP contribution is -2.17. The maximum atomic E-state index is 12.3. The Morgan fingerprint density at radius 2 is 1.23 bits per heavy atom. The fourth-order valence-corrected chi connectivity index (χ4v) is 7.55. The molecule has 0 atom stereocenters. The first-order valence-corrected chi connectivity index (χ1v) is 18.8. The number of phenolic OH excluding ortho intramolecular Hbond substituents is 1. The number of rotatable bonds is 5. The lowest BCUT2D eigenvalue weighted by atomic mass is 9.78. The molecule has 0 amide bonds. The van der Waals surface area contributed by atoms with E-state index in [1.165, 1.54) is 16.7 Å². The van der Waals surface area contributed by atoms with E-state index in [4.69, 9.17) is 5.10 Å². The first-order valence-electron chi connectivity index (χ1n) is 18.8. The van der Waals surface area contributed by atoms with Gasteiger partial charge in [0.2, 0.25) is 0 Å². The number of fused-ring (bicyclic) bond motifs is 1. The smallest absolute Gasteiger partial charge is 0.128 e. The van der Waals surface area contributed by atoms with Gasteiger partial charge in [-0.25, -0.2) is 4.68 Å². The Bertz CT molecular complexity index is 2470. The molecule has 0 unspecified atom stereocenters. The van der Waals surface area contributed by atoms with Gasteiger partial charge >= 0.3 is 0 Å². The van der Waals surface area contributed by atoms with Crippen LogP contribution in [0, 0.1) is 13.8 Å². The number of phenols is 1. The average molecular weight is 700 g/mol. The maximum absolute atomic E-state index is 12.3. The molecule has 0 aliphatic heterocycles. The minimum atomic E-state index is -0.273. The number of hydrogen-bond donors (Lipinski definition) is 2. The number of nitrogens with one attached hydrogen (secondary N) is 1.